The van der Waals surface area contributed by atoms with Gasteiger partial charge in [0.25, 0.3) is 0 Å². The minimum atomic E-state index is 0.665. The van der Waals surface area contributed by atoms with Gasteiger partial charge in [-0.05, 0) is 49.9 Å². The standard InChI is InChI=1S/C16H20N2/c1-10-13-9-14-11(6-4-8-17-14)12-5-3-7-15(16(12)13)18(10)2/h3,5,7,11,14,17H,4,6,8-9H2,1-2H3/t11-,14-/m1/s1. The molecule has 1 N–H and O–H groups in total. The van der Waals surface area contributed by atoms with E-state index in [-0.39, 0.29) is 0 Å². The summed E-state index contributed by atoms with van der Waals surface area (Å²) < 4.78 is 2.37. The summed E-state index contributed by atoms with van der Waals surface area (Å²) in [4.78, 5) is 0. The molecule has 0 amide bonds. The van der Waals surface area contributed by atoms with Crippen LogP contribution in [0.2, 0.25) is 0 Å². The first-order chi connectivity index (χ1) is 8.77. The molecule has 18 heavy (non-hydrogen) atoms. The van der Waals surface area contributed by atoms with E-state index in [2.05, 4.69) is 42.1 Å². The highest BCUT2D eigenvalue weighted by Gasteiger charge is 2.34. The zero-order chi connectivity index (χ0) is 12.3. The molecule has 2 atom stereocenters. The molecular formula is C16H20N2. The van der Waals surface area contributed by atoms with Crippen LogP contribution in [0.5, 0.6) is 0 Å². The van der Waals surface area contributed by atoms with Crippen LogP contribution in [-0.2, 0) is 13.5 Å². The fraction of sp³-hybridized carbons (Fsp3) is 0.500. The van der Waals surface area contributed by atoms with Crippen molar-refractivity contribution in [1.29, 1.82) is 0 Å². The molecule has 2 heteroatoms. The number of hydrogen-bond donors (Lipinski definition) is 1. The molecule has 0 radical (unpaired) electrons. The van der Waals surface area contributed by atoms with Gasteiger partial charge in [0.2, 0.25) is 0 Å². The van der Waals surface area contributed by atoms with E-state index in [9.17, 15) is 0 Å². The van der Waals surface area contributed by atoms with Crippen LogP contribution in [0.15, 0.2) is 18.2 Å². The normalized spacial score (nSPS) is 26.3. The van der Waals surface area contributed by atoms with Crippen LogP contribution in [-0.4, -0.2) is 17.2 Å². The number of piperidine rings is 1. The summed E-state index contributed by atoms with van der Waals surface area (Å²) >= 11 is 0. The maximum Gasteiger partial charge on any atom is 0.0485 e. The number of hydrogen-bond acceptors (Lipinski definition) is 1. The van der Waals surface area contributed by atoms with Gasteiger partial charge in [-0.3, -0.25) is 0 Å². The fourth-order valence-electron chi connectivity index (χ4n) is 4.05. The summed E-state index contributed by atoms with van der Waals surface area (Å²) in [7, 11) is 2.20. The second-order valence-electron chi connectivity index (χ2n) is 5.88. The van der Waals surface area contributed by atoms with Gasteiger partial charge in [0.1, 0.15) is 0 Å². The van der Waals surface area contributed by atoms with Gasteiger partial charge in [-0.15, -0.1) is 0 Å². The number of nitrogens with one attached hydrogen (secondary N) is 1. The zero-order valence-electron chi connectivity index (χ0n) is 11.2. The minimum absolute atomic E-state index is 0.665. The third kappa shape index (κ3) is 1.22. The Hall–Kier alpha value is -1.28. The van der Waals surface area contributed by atoms with Crippen LogP contribution in [0, 0.1) is 6.92 Å². The van der Waals surface area contributed by atoms with Crippen LogP contribution in [0.4, 0.5) is 0 Å². The van der Waals surface area contributed by atoms with Crippen LogP contribution >= 0.6 is 0 Å². The Morgan fingerprint density at radius 3 is 3.11 bits per heavy atom. The average Bonchev–Trinajstić information content (AvgIpc) is 2.66. The van der Waals surface area contributed by atoms with Crippen LogP contribution in [0.3, 0.4) is 0 Å². The van der Waals surface area contributed by atoms with E-state index < -0.39 is 0 Å². The maximum atomic E-state index is 3.73. The molecular weight excluding hydrogens is 220 g/mol. The van der Waals surface area contributed by atoms with Crippen molar-refractivity contribution in [3.8, 4) is 0 Å². The highest BCUT2D eigenvalue weighted by atomic mass is 15.0. The lowest BCUT2D eigenvalue weighted by Crippen LogP contribution is -2.43. The molecule has 0 saturated carbocycles. The topological polar surface area (TPSA) is 17.0 Å². The number of benzene rings is 1. The summed E-state index contributed by atoms with van der Waals surface area (Å²) in [6.07, 6.45) is 3.88. The van der Waals surface area contributed by atoms with E-state index >= 15 is 0 Å². The third-order valence-electron chi connectivity index (χ3n) is 5.09. The summed E-state index contributed by atoms with van der Waals surface area (Å²) in [5.41, 5.74) is 6.04. The van der Waals surface area contributed by atoms with E-state index in [1.54, 1.807) is 16.5 Å². The molecule has 4 rings (SSSR count). The Balaban J connectivity index is 2.04. The summed E-state index contributed by atoms with van der Waals surface area (Å²) in [5.74, 6) is 0.733. The highest BCUT2D eigenvalue weighted by molar-refractivity contribution is 5.90. The molecule has 1 aliphatic heterocycles. The first kappa shape index (κ1) is 10.6. The molecule has 0 bridgehead atoms. The molecule has 94 valence electrons. The number of nitrogens with zero attached hydrogens (tertiary/aromatic N) is 1. The third-order valence-corrected chi connectivity index (χ3v) is 5.09. The van der Waals surface area contributed by atoms with E-state index in [1.807, 2.05) is 0 Å². The lowest BCUT2D eigenvalue weighted by Gasteiger charge is -2.36. The zero-order valence-corrected chi connectivity index (χ0v) is 11.2. The van der Waals surface area contributed by atoms with E-state index in [0.29, 0.717) is 6.04 Å². The maximum absolute atomic E-state index is 3.73. The van der Waals surface area contributed by atoms with Gasteiger partial charge >= 0.3 is 0 Å². The number of aryl methyl sites for hydroxylation is 1. The van der Waals surface area contributed by atoms with Crippen molar-refractivity contribution in [1.82, 2.24) is 9.88 Å². The second kappa shape index (κ2) is 3.61. The minimum Gasteiger partial charge on any atom is -0.348 e. The smallest absolute Gasteiger partial charge is 0.0485 e. The van der Waals surface area contributed by atoms with Gasteiger partial charge in [0.15, 0.2) is 0 Å². The van der Waals surface area contributed by atoms with E-state index in [1.165, 1.54) is 37.0 Å². The first-order valence-corrected chi connectivity index (χ1v) is 7.07. The Morgan fingerprint density at radius 2 is 2.22 bits per heavy atom. The Morgan fingerprint density at radius 1 is 1.33 bits per heavy atom. The quantitative estimate of drug-likeness (QED) is 0.749. The molecule has 2 aromatic rings. The Bertz CT molecular complexity index is 624. The molecule has 0 unspecified atom stereocenters. The lowest BCUT2D eigenvalue weighted by atomic mass is 9.75. The average molecular weight is 240 g/mol. The molecule has 2 aliphatic rings. The fourth-order valence-corrected chi connectivity index (χ4v) is 4.05. The molecule has 2 heterocycles. The van der Waals surface area contributed by atoms with Crippen molar-refractivity contribution >= 4 is 10.9 Å². The summed E-state index contributed by atoms with van der Waals surface area (Å²) in [6, 6.07) is 7.52. The van der Waals surface area contributed by atoms with Crippen molar-refractivity contribution in [3.05, 3.63) is 35.0 Å². The predicted molar refractivity (Wildman–Crippen MR) is 75.1 cm³/mol. The molecule has 1 aromatic carbocycles. The van der Waals surface area contributed by atoms with Gasteiger partial charge in [-0.25, -0.2) is 0 Å². The van der Waals surface area contributed by atoms with Gasteiger partial charge in [0.05, 0.1) is 0 Å². The van der Waals surface area contributed by atoms with Crippen molar-refractivity contribution in [2.24, 2.45) is 7.05 Å². The van der Waals surface area contributed by atoms with E-state index in [0.717, 1.165) is 5.92 Å². The summed E-state index contributed by atoms with van der Waals surface area (Å²) in [5, 5.41) is 5.29. The SMILES string of the molecule is Cc1c2c3c(cccc3n1C)[C@H]1CCCN[C@@H]1C2. The van der Waals surface area contributed by atoms with Gasteiger partial charge < -0.3 is 9.88 Å². The van der Waals surface area contributed by atoms with Crippen molar-refractivity contribution < 1.29 is 0 Å². The molecule has 1 aliphatic carbocycles. The molecule has 1 saturated heterocycles. The van der Waals surface area contributed by atoms with Crippen LogP contribution in [0.1, 0.15) is 35.6 Å². The Kier molecular flexibility index (Phi) is 2.13. The molecule has 1 aromatic heterocycles. The predicted octanol–water partition coefficient (Wildman–Crippen LogP) is 2.88. The first-order valence-electron chi connectivity index (χ1n) is 7.07. The number of fused-ring (bicyclic) bond motifs is 2. The van der Waals surface area contributed by atoms with Gasteiger partial charge in [-0.1, -0.05) is 12.1 Å². The van der Waals surface area contributed by atoms with Gasteiger partial charge in [-0.2, -0.15) is 0 Å². The molecule has 2 nitrogen and oxygen atoms in total. The van der Waals surface area contributed by atoms with Crippen molar-refractivity contribution in [2.75, 3.05) is 6.54 Å². The largest absolute Gasteiger partial charge is 0.348 e. The molecule has 1 fully saturated rings. The monoisotopic (exact) mass is 240 g/mol. The highest BCUT2D eigenvalue weighted by Crippen LogP contribution is 2.42. The van der Waals surface area contributed by atoms with Crippen molar-refractivity contribution in [3.63, 3.8) is 0 Å². The van der Waals surface area contributed by atoms with Crippen LogP contribution < -0.4 is 5.32 Å². The summed E-state index contributed by atoms with van der Waals surface area (Å²) in [6.45, 7) is 3.46. The van der Waals surface area contributed by atoms with Crippen molar-refractivity contribution in [2.45, 2.75) is 38.1 Å². The van der Waals surface area contributed by atoms with E-state index in [4.69, 9.17) is 0 Å². The number of aromatic nitrogens is 1. The molecule has 0 spiro atoms. The van der Waals surface area contributed by atoms with Gasteiger partial charge in [0, 0.05) is 35.6 Å². The lowest BCUT2D eigenvalue weighted by molar-refractivity contribution is 0.345. The number of rotatable bonds is 0. The second-order valence-corrected chi connectivity index (χ2v) is 5.88. The van der Waals surface area contributed by atoms with Crippen LogP contribution in [0.25, 0.3) is 10.9 Å². The Labute approximate surface area is 108 Å².